The first kappa shape index (κ1) is 13.7. The topological polar surface area (TPSA) is 29.1 Å². The first-order valence-electron chi connectivity index (χ1n) is 5.43. The van der Waals surface area contributed by atoms with Gasteiger partial charge in [0.1, 0.15) is 0 Å². The Bertz CT molecular complexity index is 676. The minimum Gasteiger partial charge on any atom is -0.322 e. The van der Waals surface area contributed by atoms with Gasteiger partial charge in [0.25, 0.3) is 5.91 Å². The summed E-state index contributed by atoms with van der Waals surface area (Å²) in [6, 6.07) is 12.2. The molecule has 2 aromatic rings. The summed E-state index contributed by atoms with van der Waals surface area (Å²) in [7, 11) is 0. The normalized spacial score (nSPS) is 9.74. The number of rotatable bonds is 2. The number of anilines is 1. The van der Waals surface area contributed by atoms with Crippen molar-refractivity contribution in [1.29, 1.82) is 0 Å². The quantitative estimate of drug-likeness (QED) is 0.814. The molecule has 0 saturated heterocycles. The second-order valence-corrected chi connectivity index (χ2v) is 5.13. The van der Waals surface area contributed by atoms with Crippen molar-refractivity contribution in [3.05, 3.63) is 63.1 Å². The van der Waals surface area contributed by atoms with E-state index in [1.807, 2.05) is 0 Å². The Morgan fingerprint density at radius 2 is 2.05 bits per heavy atom. The summed E-state index contributed by atoms with van der Waals surface area (Å²) in [5.41, 5.74) is 1.75. The lowest BCUT2D eigenvalue weighted by Crippen LogP contribution is -2.12. The third kappa shape index (κ3) is 3.37. The van der Waals surface area contributed by atoms with E-state index in [2.05, 4.69) is 27.2 Å². The van der Waals surface area contributed by atoms with E-state index in [1.165, 1.54) is 0 Å². The minimum atomic E-state index is -0.277. The highest BCUT2D eigenvalue weighted by molar-refractivity contribution is 9.10. The van der Waals surface area contributed by atoms with Crippen molar-refractivity contribution in [2.24, 2.45) is 0 Å². The van der Waals surface area contributed by atoms with Crippen LogP contribution in [0, 0.1) is 12.3 Å². The largest absolute Gasteiger partial charge is 0.322 e. The molecular weight excluding hydrogens is 326 g/mol. The van der Waals surface area contributed by atoms with Gasteiger partial charge in [0.2, 0.25) is 0 Å². The summed E-state index contributed by atoms with van der Waals surface area (Å²) < 4.78 is 0.791. The van der Waals surface area contributed by atoms with Crippen LogP contribution in [-0.2, 0) is 0 Å². The highest BCUT2D eigenvalue weighted by atomic mass is 79.9. The zero-order valence-corrected chi connectivity index (χ0v) is 12.1. The Balaban J connectivity index is 2.26. The van der Waals surface area contributed by atoms with Crippen molar-refractivity contribution in [2.75, 3.05) is 5.32 Å². The molecule has 0 fully saturated rings. The van der Waals surface area contributed by atoms with Gasteiger partial charge in [-0.3, -0.25) is 4.79 Å². The molecule has 2 aromatic carbocycles. The molecule has 0 unspecified atom stereocenters. The second-order valence-electron chi connectivity index (χ2n) is 3.80. The fourth-order valence-electron chi connectivity index (χ4n) is 1.56. The molecule has 1 amide bonds. The van der Waals surface area contributed by atoms with Crippen LogP contribution in [-0.4, -0.2) is 5.91 Å². The van der Waals surface area contributed by atoms with Crippen molar-refractivity contribution < 1.29 is 4.79 Å². The van der Waals surface area contributed by atoms with Crippen LogP contribution in [0.15, 0.2) is 46.9 Å². The maximum Gasteiger partial charge on any atom is 0.257 e. The molecule has 0 radical (unpaired) electrons. The van der Waals surface area contributed by atoms with Crippen molar-refractivity contribution >= 4 is 39.1 Å². The van der Waals surface area contributed by atoms with E-state index in [-0.39, 0.29) is 5.91 Å². The molecule has 1 N–H and O–H groups in total. The predicted octanol–water partition coefficient (Wildman–Crippen LogP) is 4.34. The average molecular weight is 335 g/mol. The highest BCUT2D eigenvalue weighted by Crippen LogP contribution is 2.22. The number of nitrogens with one attached hydrogen (secondary N) is 1. The molecule has 19 heavy (non-hydrogen) atoms. The Morgan fingerprint density at radius 1 is 1.26 bits per heavy atom. The first-order valence-corrected chi connectivity index (χ1v) is 6.60. The van der Waals surface area contributed by atoms with Gasteiger partial charge in [0, 0.05) is 15.7 Å². The molecule has 0 atom stereocenters. The molecule has 0 heterocycles. The van der Waals surface area contributed by atoms with Gasteiger partial charge < -0.3 is 5.32 Å². The van der Waals surface area contributed by atoms with Gasteiger partial charge in [-0.2, -0.15) is 0 Å². The van der Waals surface area contributed by atoms with Crippen LogP contribution in [0.2, 0.25) is 5.02 Å². The fourth-order valence-corrected chi connectivity index (χ4v) is 2.12. The summed E-state index contributed by atoms with van der Waals surface area (Å²) in [5.74, 6) is 2.24. The Labute approximate surface area is 124 Å². The van der Waals surface area contributed by atoms with Gasteiger partial charge in [-0.25, -0.2) is 0 Å². The van der Waals surface area contributed by atoms with Crippen molar-refractivity contribution in [2.45, 2.75) is 0 Å². The number of amides is 1. The predicted molar refractivity (Wildman–Crippen MR) is 81.5 cm³/mol. The smallest absolute Gasteiger partial charge is 0.257 e. The van der Waals surface area contributed by atoms with Crippen LogP contribution in [0.25, 0.3) is 0 Å². The van der Waals surface area contributed by atoms with Gasteiger partial charge >= 0.3 is 0 Å². The monoisotopic (exact) mass is 333 g/mol. The third-order valence-electron chi connectivity index (χ3n) is 2.46. The number of benzene rings is 2. The van der Waals surface area contributed by atoms with Crippen molar-refractivity contribution in [1.82, 2.24) is 0 Å². The highest BCUT2D eigenvalue weighted by Gasteiger charge is 2.11. The first-order chi connectivity index (χ1) is 9.10. The van der Waals surface area contributed by atoms with Gasteiger partial charge in [-0.05, 0) is 36.4 Å². The molecule has 0 aliphatic carbocycles. The number of carbonyl (C=O) groups is 1. The van der Waals surface area contributed by atoms with Crippen LogP contribution >= 0.6 is 27.5 Å². The summed E-state index contributed by atoms with van der Waals surface area (Å²) in [4.78, 5) is 12.1. The lowest BCUT2D eigenvalue weighted by atomic mass is 10.2. The van der Waals surface area contributed by atoms with Crippen LogP contribution in [0.4, 0.5) is 5.69 Å². The summed E-state index contributed by atoms with van der Waals surface area (Å²) >= 11 is 9.31. The standard InChI is InChI=1S/C15H9BrClNO/c1-2-10-4-3-5-12(8-10)18-15(19)13-9-11(16)6-7-14(13)17/h1,3-9H,(H,18,19). The van der Waals surface area contributed by atoms with Gasteiger partial charge in [0.05, 0.1) is 10.6 Å². The SMILES string of the molecule is C#Cc1cccc(NC(=O)c2cc(Br)ccc2Cl)c1. The minimum absolute atomic E-state index is 0.277. The number of halogens is 2. The Kier molecular flexibility index (Phi) is 4.26. The Hall–Kier alpha value is -1.76. The number of hydrogen-bond donors (Lipinski definition) is 1. The zero-order chi connectivity index (χ0) is 13.8. The molecule has 2 rings (SSSR count). The summed E-state index contributed by atoms with van der Waals surface area (Å²) in [6.07, 6.45) is 5.31. The Morgan fingerprint density at radius 3 is 2.79 bits per heavy atom. The van der Waals surface area contributed by atoms with E-state index in [1.54, 1.807) is 42.5 Å². The molecule has 0 spiro atoms. The van der Waals surface area contributed by atoms with E-state index in [4.69, 9.17) is 18.0 Å². The van der Waals surface area contributed by atoms with E-state index >= 15 is 0 Å². The van der Waals surface area contributed by atoms with Gasteiger partial charge in [-0.1, -0.05) is 39.5 Å². The van der Waals surface area contributed by atoms with Gasteiger partial charge in [0.15, 0.2) is 0 Å². The third-order valence-corrected chi connectivity index (χ3v) is 3.28. The molecule has 0 aromatic heterocycles. The molecule has 2 nitrogen and oxygen atoms in total. The van der Waals surface area contributed by atoms with Crippen LogP contribution < -0.4 is 5.32 Å². The maximum atomic E-state index is 12.1. The second kappa shape index (κ2) is 5.92. The molecule has 0 aliphatic heterocycles. The lowest BCUT2D eigenvalue weighted by molar-refractivity contribution is 0.102. The van der Waals surface area contributed by atoms with Crippen molar-refractivity contribution in [3.8, 4) is 12.3 Å². The zero-order valence-electron chi connectivity index (χ0n) is 9.78. The molecule has 94 valence electrons. The van der Waals surface area contributed by atoms with Gasteiger partial charge in [-0.15, -0.1) is 6.42 Å². The lowest BCUT2D eigenvalue weighted by Gasteiger charge is -2.07. The van der Waals surface area contributed by atoms with E-state index < -0.39 is 0 Å². The van der Waals surface area contributed by atoms with Crippen molar-refractivity contribution in [3.63, 3.8) is 0 Å². The number of carbonyl (C=O) groups excluding carboxylic acids is 1. The fraction of sp³-hybridized carbons (Fsp3) is 0. The van der Waals surface area contributed by atoms with Crippen LogP contribution in [0.5, 0.6) is 0 Å². The number of hydrogen-bond acceptors (Lipinski definition) is 1. The molecule has 0 aliphatic rings. The van der Waals surface area contributed by atoms with Crippen LogP contribution in [0.3, 0.4) is 0 Å². The molecule has 4 heteroatoms. The molecule has 0 bridgehead atoms. The van der Waals surface area contributed by atoms with Crippen LogP contribution in [0.1, 0.15) is 15.9 Å². The average Bonchev–Trinajstić information content (AvgIpc) is 2.41. The molecule has 0 saturated carbocycles. The maximum absolute atomic E-state index is 12.1. The van der Waals surface area contributed by atoms with E-state index in [9.17, 15) is 4.79 Å². The molecular formula is C15H9BrClNO. The summed E-state index contributed by atoms with van der Waals surface area (Å²) in [5, 5.41) is 3.16. The summed E-state index contributed by atoms with van der Waals surface area (Å²) in [6.45, 7) is 0. The van der Waals surface area contributed by atoms with E-state index in [0.717, 1.165) is 4.47 Å². The van der Waals surface area contributed by atoms with E-state index in [0.29, 0.717) is 21.8 Å². The number of terminal acetylenes is 1.